The maximum atomic E-state index is 12.6. The maximum absolute atomic E-state index is 12.6. The molecule has 36 heavy (non-hydrogen) atoms. The Morgan fingerprint density at radius 1 is 0.917 bits per heavy atom. The van der Waals surface area contributed by atoms with E-state index in [1.54, 1.807) is 32.2 Å². The fraction of sp³-hybridized carbons (Fsp3) is 0.192. The summed E-state index contributed by atoms with van der Waals surface area (Å²) in [6.07, 6.45) is 0.695. The lowest BCUT2D eigenvalue weighted by molar-refractivity contribution is -0.384. The third-order valence-corrected chi connectivity index (χ3v) is 5.26. The summed E-state index contributed by atoms with van der Waals surface area (Å²) in [6, 6.07) is 17.7. The Hall–Kier alpha value is -4.73. The predicted octanol–water partition coefficient (Wildman–Crippen LogP) is 4.28. The van der Waals surface area contributed by atoms with Crippen molar-refractivity contribution in [3.05, 3.63) is 93.5 Å². The van der Waals surface area contributed by atoms with Crippen LogP contribution in [0.4, 0.5) is 17.1 Å². The molecule has 3 rings (SSSR count). The van der Waals surface area contributed by atoms with E-state index in [1.807, 2.05) is 24.3 Å². The van der Waals surface area contributed by atoms with Crippen LogP contribution in [0.25, 0.3) is 0 Å². The molecule has 0 atom stereocenters. The van der Waals surface area contributed by atoms with E-state index in [0.717, 1.165) is 11.3 Å². The molecule has 0 radical (unpaired) electrons. The standard InChI is InChI=1S/C26H25N3O7/c1-17-7-11-19(29(33)34)15-23(17)28-25(31)16-36-26(32)21-5-3-4-6-22(21)27-24(30)14-10-18-8-12-20(35-2)13-9-18/h3-9,11-13,15H,10,14,16H2,1-2H3,(H,27,30)(H,28,31). The van der Waals surface area contributed by atoms with Crippen molar-refractivity contribution in [2.24, 2.45) is 0 Å². The zero-order chi connectivity index (χ0) is 26.1. The number of anilines is 2. The largest absolute Gasteiger partial charge is 0.497 e. The van der Waals surface area contributed by atoms with Gasteiger partial charge in [0, 0.05) is 18.6 Å². The van der Waals surface area contributed by atoms with Crippen molar-refractivity contribution < 1.29 is 28.8 Å². The summed E-state index contributed by atoms with van der Waals surface area (Å²) in [7, 11) is 1.58. The van der Waals surface area contributed by atoms with E-state index in [2.05, 4.69) is 10.6 Å². The summed E-state index contributed by atoms with van der Waals surface area (Å²) >= 11 is 0. The van der Waals surface area contributed by atoms with Crippen LogP contribution in [-0.4, -0.2) is 36.4 Å². The number of para-hydroxylation sites is 1. The molecule has 0 heterocycles. The number of nitro benzene ring substituents is 1. The van der Waals surface area contributed by atoms with Crippen molar-refractivity contribution in [3.8, 4) is 5.75 Å². The molecule has 0 bridgehead atoms. The van der Waals surface area contributed by atoms with Gasteiger partial charge in [-0.1, -0.05) is 30.3 Å². The monoisotopic (exact) mass is 491 g/mol. The molecule has 2 amide bonds. The van der Waals surface area contributed by atoms with Gasteiger partial charge in [-0.05, 0) is 48.7 Å². The molecular formula is C26H25N3O7. The van der Waals surface area contributed by atoms with Crippen LogP contribution in [0.15, 0.2) is 66.7 Å². The average molecular weight is 492 g/mol. The van der Waals surface area contributed by atoms with Crippen molar-refractivity contribution in [2.45, 2.75) is 19.8 Å². The third kappa shape index (κ3) is 7.13. The molecule has 0 aliphatic rings. The van der Waals surface area contributed by atoms with E-state index < -0.39 is 23.4 Å². The number of carbonyl (C=O) groups is 3. The van der Waals surface area contributed by atoms with E-state index in [9.17, 15) is 24.5 Å². The summed E-state index contributed by atoms with van der Waals surface area (Å²) < 4.78 is 10.2. The molecule has 0 saturated heterocycles. The first-order valence-electron chi connectivity index (χ1n) is 11.0. The number of methoxy groups -OCH3 is 1. The number of carbonyl (C=O) groups excluding carboxylic acids is 3. The quantitative estimate of drug-likeness (QED) is 0.245. The number of nitrogens with zero attached hydrogens (tertiary/aromatic N) is 1. The summed E-state index contributed by atoms with van der Waals surface area (Å²) in [5.74, 6) is -1.02. The molecule has 186 valence electrons. The Morgan fingerprint density at radius 3 is 2.31 bits per heavy atom. The number of aryl methyl sites for hydroxylation is 2. The number of hydrogen-bond donors (Lipinski definition) is 2. The van der Waals surface area contributed by atoms with Crippen LogP contribution in [0.1, 0.15) is 27.9 Å². The number of benzene rings is 3. The van der Waals surface area contributed by atoms with Crippen LogP contribution >= 0.6 is 0 Å². The molecule has 0 aliphatic heterocycles. The second kappa shape index (κ2) is 12.1. The lowest BCUT2D eigenvalue weighted by Crippen LogP contribution is -2.22. The van der Waals surface area contributed by atoms with Gasteiger partial charge < -0.3 is 20.1 Å². The average Bonchev–Trinajstić information content (AvgIpc) is 2.87. The van der Waals surface area contributed by atoms with Crippen LogP contribution < -0.4 is 15.4 Å². The second-order valence-electron chi connectivity index (χ2n) is 7.82. The molecule has 0 aromatic heterocycles. The summed E-state index contributed by atoms with van der Waals surface area (Å²) in [5, 5.41) is 16.2. The number of non-ortho nitro benzene ring substituents is 1. The fourth-order valence-corrected chi connectivity index (χ4v) is 3.29. The molecule has 2 N–H and O–H groups in total. The Labute approximate surface area is 207 Å². The van der Waals surface area contributed by atoms with Crippen molar-refractivity contribution in [1.29, 1.82) is 0 Å². The van der Waals surface area contributed by atoms with Gasteiger partial charge in [-0.15, -0.1) is 0 Å². The number of ether oxygens (including phenoxy) is 2. The highest BCUT2D eigenvalue weighted by Crippen LogP contribution is 2.22. The van der Waals surface area contributed by atoms with E-state index in [4.69, 9.17) is 9.47 Å². The van der Waals surface area contributed by atoms with Crippen LogP contribution in [0.3, 0.4) is 0 Å². The number of esters is 1. The van der Waals surface area contributed by atoms with Gasteiger partial charge in [-0.25, -0.2) is 4.79 Å². The Kier molecular flexibility index (Phi) is 8.71. The fourth-order valence-electron chi connectivity index (χ4n) is 3.29. The van der Waals surface area contributed by atoms with Gasteiger partial charge in [0.2, 0.25) is 5.91 Å². The number of amides is 2. The second-order valence-corrected chi connectivity index (χ2v) is 7.82. The maximum Gasteiger partial charge on any atom is 0.340 e. The van der Waals surface area contributed by atoms with Crippen molar-refractivity contribution in [2.75, 3.05) is 24.4 Å². The van der Waals surface area contributed by atoms with Gasteiger partial charge >= 0.3 is 5.97 Å². The topological polar surface area (TPSA) is 137 Å². The van der Waals surface area contributed by atoms with Gasteiger partial charge in [0.25, 0.3) is 11.6 Å². The molecule has 0 aliphatic carbocycles. The molecule has 0 spiro atoms. The normalized spacial score (nSPS) is 10.3. The summed E-state index contributed by atoms with van der Waals surface area (Å²) in [4.78, 5) is 47.7. The first-order valence-corrected chi connectivity index (χ1v) is 11.0. The Balaban J connectivity index is 1.56. The van der Waals surface area contributed by atoms with E-state index >= 15 is 0 Å². The van der Waals surface area contributed by atoms with Crippen molar-refractivity contribution in [3.63, 3.8) is 0 Å². The van der Waals surface area contributed by atoms with E-state index in [1.165, 1.54) is 24.3 Å². The van der Waals surface area contributed by atoms with Gasteiger partial charge in [0.15, 0.2) is 6.61 Å². The third-order valence-electron chi connectivity index (χ3n) is 5.26. The van der Waals surface area contributed by atoms with Crippen molar-refractivity contribution >= 4 is 34.8 Å². The molecule has 3 aromatic rings. The first kappa shape index (κ1) is 25.9. The van der Waals surface area contributed by atoms with Crippen molar-refractivity contribution in [1.82, 2.24) is 0 Å². The van der Waals surface area contributed by atoms with E-state index in [0.29, 0.717) is 12.0 Å². The minimum Gasteiger partial charge on any atom is -0.497 e. The lowest BCUT2D eigenvalue weighted by Gasteiger charge is -2.12. The Morgan fingerprint density at radius 2 is 1.61 bits per heavy atom. The lowest BCUT2D eigenvalue weighted by atomic mass is 10.1. The summed E-state index contributed by atoms with van der Waals surface area (Å²) in [5.41, 5.74) is 2.00. The number of nitrogens with one attached hydrogen (secondary N) is 2. The molecule has 0 fully saturated rings. The first-order chi connectivity index (χ1) is 17.3. The highest BCUT2D eigenvalue weighted by atomic mass is 16.6. The number of rotatable bonds is 10. The minimum absolute atomic E-state index is 0.0922. The molecule has 0 unspecified atom stereocenters. The number of nitro groups is 1. The van der Waals surface area contributed by atoms with Crippen LogP contribution in [-0.2, 0) is 20.7 Å². The van der Waals surface area contributed by atoms with Crippen LogP contribution in [0.5, 0.6) is 5.75 Å². The predicted molar refractivity (Wildman–Crippen MR) is 133 cm³/mol. The molecular weight excluding hydrogens is 466 g/mol. The smallest absolute Gasteiger partial charge is 0.340 e. The zero-order valence-electron chi connectivity index (χ0n) is 19.8. The number of hydrogen-bond acceptors (Lipinski definition) is 7. The molecule has 0 saturated carbocycles. The van der Waals surface area contributed by atoms with Gasteiger partial charge in [-0.3, -0.25) is 19.7 Å². The Bertz CT molecular complexity index is 1270. The molecule has 10 nitrogen and oxygen atoms in total. The summed E-state index contributed by atoms with van der Waals surface area (Å²) in [6.45, 7) is 1.07. The van der Waals surface area contributed by atoms with Crippen LogP contribution in [0.2, 0.25) is 0 Å². The highest BCUT2D eigenvalue weighted by Gasteiger charge is 2.17. The minimum atomic E-state index is -0.799. The SMILES string of the molecule is COc1ccc(CCC(=O)Nc2ccccc2C(=O)OCC(=O)Nc2cc([N+](=O)[O-])ccc2C)cc1. The van der Waals surface area contributed by atoms with Gasteiger partial charge in [0.1, 0.15) is 5.75 Å². The highest BCUT2D eigenvalue weighted by molar-refractivity contribution is 6.02. The van der Waals surface area contributed by atoms with Gasteiger partial charge in [-0.2, -0.15) is 0 Å². The molecule has 10 heteroatoms. The molecule has 3 aromatic carbocycles. The van der Waals surface area contributed by atoms with Gasteiger partial charge in [0.05, 0.1) is 29.0 Å². The zero-order valence-corrected chi connectivity index (χ0v) is 19.8. The van der Waals surface area contributed by atoms with Crippen LogP contribution in [0, 0.1) is 17.0 Å². The van der Waals surface area contributed by atoms with E-state index in [-0.39, 0.29) is 35.0 Å².